The molecule has 1 nitrogen and oxygen atoms in total. The fourth-order valence-electron chi connectivity index (χ4n) is 2.90. The van der Waals surface area contributed by atoms with Gasteiger partial charge in [0.15, 0.2) is 0 Å². The molecule has 2 aromatic carbocycles. The van der Waals surface area contributed by atoms with E-state index in [4.69, 9.17) is 0 Å². The van der Waals surface area contributed by atoms with Gasteiger partial charge in [-0.05, 0) is 33.7 Å². The quantitative estimate of drug-likeness (QED) is 0.707. The van der Waals surface area contributed by atoms with Crippen LogP contribution in [0.15, 0.2) is 36.4 Å². The molecular weight excluding hydrogens is 196 g/mol. The third kappa shape index (κ3) is 1.15. The molecule has 0 fully saturated rings. The Labute approximate surface area is 95.7 Å². The molecule has 3 unspecified atom stereocenters. The standard InChI is InChI=1S/C15H16O/c1-9-10(2)15(16)13-8-7-11-5-3-4-6-12(11)14(9)13/h3-10,15-16H,1-2H3. The summed E-state index contributed by atoms with van der Waals surface area (Å²) in [5, 5.41) is 12.8. The Morgan fingerprint density at radius 1 is 1.00 bits per heavy atom. The summed E-state index contributed by atoms with van der Waals surface area (Å²) in [6, 6.07) is 12.6. The summed E-state index contributed by atoms with van der Waals surface area (Å²) in [6.07, 6.45) is -0.297. The summed E-state index contributed by atoms with van der Waals surface area (Å²) in [7, 11) is 0. The van der Waals surface area contributed by atoms with Gasteiger partial charge in [-0.2, -0.15) is 0 Å². The molecule has 0 spiro atoms. The minimum absolute atomic E-state index is 0.297. The molecule has 1 aliphatic carbocycles. The van der Waals surface area contributed by atoms with Crippen molar-refractivity contribution in [2.75, 3.05) is 0 Å². The first-order valence-electron chi connectivity index (χ1n) is 5.89. The van der Waals surface area contributed by atoms with Crippen LogP contribution in [0.5, 0.6) is 0 Å². The highest BCUT2D eigenvalue weighted by Gasteiger charge is 2.34. The SMILES string of the molecule is CC1c2c(ccc3ccccc23)C(O)C1C. The second-order valence-corrected chi connectivity index (χ2v) is 4.88. The number of rotatable bonds is 0. The average molecular weight is 212 g/mol. The first kappa shape index (κ1) is 9.86. The van der Waals surface area contributed by atoms with E-state index in [2.05, 4.69) is 50.2 Å². The van der Waals surface area contributed by atoms with Crippen molar-refractivity contribution in [2.24, 2.45) is 5.92 Å². The maximum atomic E-state index is 10.2. The minimum Gasteiger partial charge on any atom is -0.388 e. The molecule has 1 N–H and O–H groups in total. The minimum atomic E-state index is -0.297. The molecule has 0 bridgehead atoms. The van der Waals surface area contributed by atoms with Crippen LogP contribution in [-0.4, -0.2) is 5.11 Å². The van der Waals surface area contributed by atoms with Gasteiger partial charge in [-0.25, -0.2) is 0 Å². The molecule has 0 aromatic heterocycles. The van der Waals surface area contributed by atoms with Gasteiger partial charge in [0.05, 0.1) is 6.10 Å². The van der Waals surface area contributed by atoms with Gasteiger partial charge in [0.25, 0.3) is 0 Å². The molecule has 2 aromatic rings. The van der Waals surface area contributed by atoms with E-state index < -0.39 is 0 Å². The van der Waals surface area contributed by atoms with Crippen molar-refractivity contribution in [1.29, 1.82) is 0 Å². The highest BCUT2D eigenvalue weighted by atomic mass is 16.3. The molecule has 3 atom stereocenters. The number of hydrogen-bond acceptors (Lipinski definition) is 1. The van der Waals surface area contributed by atoms with Crippen molar-refractivity contribution in [3.8, 4) is 0 Å². The van der Waals surface area contributed by atoms with E-state index in [0.717, 1.165) is 5.56 Å². The van der Waals surface area contributed by atoms with E-state index in [0.29, 0.717) is 11.8 Å². The first-order chi connectivity index (χ1) is 7.70. The van der Waals surface area contributed by atoms with E-state index in [1.807, 2.05) is 0 Å². The molecule has 0 amide bonds. The number of benzene rings is 2. The van der Waals surface area contributed by atoms with Gasteiger partial charge >= 0.3 is 0 Å². The third-order valence-electron chi connectivity index (χ3n) is 4.07. The Morgan fingerprint density at radius 2 is 1.75 bits per heavy atom. The lowest BCUT2D eigenvalue weighted by Crippen LogP contribution is -2.04. The third-order valence-corrected chi connectivity index (χ3v) is 4.07. The summed E-state index contributed by atoms with van der Waals surface area (Å²) in [4.78, 5) is 0. The second-order valence-electron chi connectivity index (χ2n) is 4.88. The van der Waals surface area contributed by atoms with Gasteiger partial charge in [-0.1, -0.05) is 50.2 Å². The lowest BCUT2D eigenvalue weighted by molar-refractivity contribution is 0.123. The molecule has 0 heterocycles. The van der Waals surface area contributed by atoms with Crippen LogP contribution >= 0.6 is 0 Å². The van der Waals surface area contributed by atoms with Crippen LogP contribution in [-0.2, 0) is 0 Å². The van der Waals surface area contributed by atoms with Crippen LogP contribution in [0.4, 0.5) is 0 Å². The Hall–Kier alpha value is -1.34. The number of aliphatic hydroxyl groups excluding tert-OH is 1. The zero-order valence-electron chi connectivity index (χ0n) is 9.64. The molecule has 0 radical (unpaired) electrons. The van der Waals surface area contributed by atoms with Crippen molar-refractivity contribution in [3.63, 3.8) is 0 Å². The Balaban J connectivity index is 2.36. The Morgan fingerprint density at radius 3 is 2.56 bits per heavy atom. The van der Waals surface area contributed by atoms with Crippen LogP contribution in [0.2, 0.25) is 0 Å². The second kappa shape index (κ2) is 3.33. The van der Waals surface area contributed by atoms with Gasteiger partial charge in [-0.15, -0.1) is 0 Å². The zero-order chi connectivity index (χ0) is 11.3. The van der Waals surface area contributed by atoms with Crippen molar-refractivity contribution in [1.82, 2.24) is 0 Å². The molecule has 16 heavy (non-hydrogen) atoms. The maximum Gasteiger partial charge on any atom is 0.0824 e. The monoisotopic (exact) mass is 212 g/mol. The van der Waals surface area contributed by atoms with Crippen LogP contribution in [0, 0.1) is 5.92 Å². The lowest BCUT2D eigenvalue weighted by Gasteiger charge is -2.13. The number of aliphatic hydroxyl groups is 1. The van der Waals surface area contributed by atoms with Crippen LogP contribution in [0.25, 0.3) is 10.8 Å². The van der Waals surface area contributed by atoms with Gasteiger partial charge in [0.1, 0.15) is 0 Å². The molecule has 1 aliphatic rings. The lowest BCUT2D eigenvalue weighted by atomic mass is 9.92. The predicted octanol–water partition coefficient (Wildman–Crippen LogP) is 3.63. The zero-order valence-corrected chi connectivity index (χ0v) is 9.64. The van der Waals surface area contributed by atoms with Crippen molar-refractivity contribution in [2.45, 2.75) is 25.9 Å². The molecule has 0 aliphatic heterocycles. The molecule has 0 saturated carbocycles. The predicted molar refractivity (Wildman–Crippen MR) is 66.5 cm³/mol. The largest absolute Gasteiger partial charge is 0.388 e. The van der Waals surface area contributed by atoms with E-state index in [-0.39, 0.29) is 6.10 Å². The highest BCUT2D eigenvalue weighted by molar-refractivity contribution is 5.88. The van der Waals surface area contributed by atoms with Crippen molar-refractivity contribution < 1.29 is 5.11 Å². The van der Waals surface area contributed by atoms with Crippen molar-refractivity contribution in [3.05, 3.63) is 47.5 Å². The Kier molecular flexibility index (Phi) is 2.05. The van der Waals surface area contributed by atoms with E-state index >= 15 is 0 Å². The fraction of sp³-hybridized carbons (Fsp3) is 0.333. The summed E-state index contributed by atoms with van der Waals surface area (Å²) in [5.41, 5.74) is 2.47. The Bertz CT molecular complexity index is 544. The van der Waals surface area contributed by atoms with Gasteiger partial charge < -0.3 is 5.11 Å². The molecule has 1 heteroatoms. The summed E-state index contributed by atoms with van der Waals surface area (Å²) in [6.45, 7) is 4.34. The summed E-state index contributed by atoms with van der Waals surface area (Å²) < 4.78 is 0. The molecule has 0 saturated heterocycles. The van der Waals surface area contributed by atoms with E-state index in [1.54, 1.807) is 0 Å². The molecular formula is C15H16O. The van der Waals surface area contributed by atoms with Crippen molar-refractivity contribution >= 4 is 10.8 Å². The number of fused-ring (bicyclic) bond motifs is 3. The average Bonchev–Trinajstić information content (AvgIpc) is 2.55. The first-order valence-corrected chi connectivity index (χ1v) is 5.89. The van der Waals surface area contributed by atoms with Crippen LogP contribution in [0.3, 0.4) is 0 Å². The van der Waals surface area contributed by atoms with E-state index in [9.17, 15) is 5.11 Å². The number of hydrogen-bond donors (Lipinski definition) is 1. The fourth-order valence-corrected chi connectivity index (χ4v) is 2.90. The topological polar surface area (TPSA) is 20.2 Å². The van der Waals surface area contributed by atoms with Gasteiger partial charge in [0, 0.05) is 0 Å². The molecule has 3 rings (SSSR count). The van der Waals surface area contributed by atoms with E-state index in [1.165, 1.54) is 16.3 Å². The normalized spacial score (nSPS) is 28.3. The van der Waals surface area contributed by atoms with Crippen LogP contribution < -0.4 is 0 Å². The van der Waals surface area contributed by atoms with Gasteiger partial charge in [0.2, 0.25) is 0 Å². The van der Waals surface area contributed by atoms with Gasteiger partial charge in [-0.3, -0.25) is 0 Å². The molecule has 82 valence electrons. The van der Waals surface area contributed by atoms with Crippen LogP contribution in [0.1, 0.15) is 37.0 Å². The summed E-state index contributed by atoms with van der Waals surface area (Å²) >= 11 is 0. The summed E-state index contributed by atoms with van der Waals surface area (Å²) in [5.74, 6) is 0.761. The smallest absolute Gasteiger partial charge is 0.0824 e. The highest BCUT2D eigenvalue weighted by Crippen LogP contribution is 2.47. The maximum absolute atomic E-state index is 10.2.